The first-order valence-corrected chi connectivity index (χ1v) is 8.82. The van der Waals surface area contributed by atoms with Crippen LogP contribution in [0.3, 0.4) is 0 Å². The van der Waals surface area contributed by atoms with E-state index in [1.54, 1.807) is 19.9 Å². The minimum absolute atomic E-state index is 0.0317. The van der Waals surface area contributed by atoms with Gasteiger partial charge in [0.15, 0.2) is 10.9 Å². The van der Waals surface area contributed by atoms with Gasteiger partial charge in [0.2, 0.25) is 0 Å². The van der Waals surface area contributed by atoms with Gasteiger partial charge in [-0.2, -0.15) is 18.3 Å². The summed E-state index contributed by atoms with van der Waals surface area (Å²) >= 11 is 0.966. The first kappa shape index (κ1) is 19.7. The Bertz CT molecular complexity index is 1040. The predicted molar refractivity (Wildman–Crippen MR) is 99.1 cm³/mol. The van der Waals surface area contributed by atoms with Gasteiger partial charge in [-0.25, -0.2) is 4.98 Å². The molecule has 3 rings (SSSR count). The Labute approximate surface area is 161 Å². The van der Waals surface area contributed by atoms with Crippen molar-refractivity contribution in [1.29, 1.82) is 0 Å². The Morgan fingerprint density at radius 3 is 2.64 bits per heavy atom. The number of nitrogens with zero attached hydrogens (tertiary/aromatic N) is 3. The summed E-state index contributed by atoms with van der Waals surface area (Å²) in [6.07, 6.45) is -3.21. The molecule has 0 aliphatic rings. The minimum Gasteiger partial charge on any atom is -0.508 e. The van der Waals surface area contributed by atoms with Crippen LogP contribution < -0.4 is 10.6 Å². The molecule has 7 nitrogen and oxygen atoms in total. The minimum atomic E-state index is -4.52. The molecule has 0 aliphatic carbocycles. The molecule has 2 aromatic heterocycles. The second-order valence-electron chi connectivity index (χ2n) is 6.05. The molecule has 0 spiro atoms. The second kappa shape index (κ2) is 7.15. The van der Waals surface area contributed by atoms with Crippen LogP contribution >= 0.6 is 11.3 Å². The van der Waals surface area contributed by atoms with Crippen molar-refractivity contribution in [2.24, 2.45) is 7.05 Å². The zero-order chi connectivity index (χ0) is 20.6. The molecule has 0 atom stereocenters. The summed E-state index contributed by atoms with van der Waals surface area (Å²) < 4.78 is 39.2. The van der Waals surface area contributed by atoms with Crippen LogP contribution in [0.2, 0.25) is 0 Å². The van der Waals surface area contributed by atoms with E-state index in [0.29, 0.717) is 11.3 Å². The van der Waals surface area contributed by atoms with Crippen LogP contribution in [0.5, 0.6) is 5.75 Å². The molecular formula is C17H16F3N5O2S. The summed E-state index contributed by atoms with van der Waals surface area (Å²) in [6, 6.07) is 4.08. The summed E-state index contributed by atoms with van der Waals surface area (Å²) in [6.45, 7) is 3.47. The van der Waals surface area contributed by atoms with Gasteiger partial charge in [-0.05, 0) is 25.5 Å². The highest BCUT2D eigenvalue weighted by molar-refractivity contribution is 7.17. The van der Waals surface area contributed by atoms with Gasteiger partial charge < -0.3 is 15.7 Å². The van der Waals surface area contributed by atoms with Crippen molar-refractivity contribution < 1.29 is 23.1 Å². The van der Waals surface area contributed by atoms with Gasteiger partial charge in [0, 0.05) is 18.7 Å². The molecule has 0 bridgehead atoms. The van der Waals surface area contributed by atoms with Gasteiger partial charge in [-0.3, -0.25) is 9.48 Å². The molecular weight excluding hydrogens is 395 g/mol. The maximum Gasteiger partial charge on any atom is 0.433 e. The molecule has 148 valence electrons. The first-order valence-electron chi connectivity index (χ1n) is 8.01. The highest BCUT2D eigenvalue weighted by atomic mass is 32.1. The molecule has 0 saturated carbocycles. The van der Waals surface area contributed by atoms with Crippen molar-refractivity contribution in [1.82, 2.24) is 14.8 Å². The number of hydrogen-bond acceptors (Lipinski definition) is 6. The molecule has 11 heteroatoms. The summed E-state index contributed by atoms with van der Waals surface area (Å²) in [5.41, 5.74) is 0.899. The van der Waals surface area contributed by atoms with Crippen LogP contribution in [0.4, 0.5) is 29.8 Å². The third kappa shape index (κ3) is 3.93. The number of anilines is 3. The number of rotatable bonds is 4. The average Bonchev–Trinajstić information content (AvgIpc) is 3.21. The number of carbonyl (C=O) groups excluding carboxylic acids is 1. The highest BCUT2D eigenvalue weighted by Crippen LogP contribution is 2.32. The van der Waals surface area contributed by atoms with Crippen molar-refractivity contribution in [3.05, 3.63) is 46.1 Å². The third-order valence-corrected chi connectivity index (χ3v) is 4.93. The predicted octanol–water partition coefficient (Wildman–Crippen LogP) is 4.21. The Morgan fingerprint density at radius 2 is 2.00 bits per heavy atom. The lowest BCUT2D eigenvalue weighted by Gasteiger charge is -2.11. The molecule has 1 amide bonds. The fourth-order valence-electron chi connectivity index (χ4n) is 2.54. The number of phenols is 1. The lowest BCUT2D eigenvalue weighted by molar-refractivity contribution is -0.143. The van der Waals surface area contributed by atoms with Crippen LogP contribution in [-0.4, -0.2) is 25.8 Å². The number of benzene rings is 1. The van der Waals surface area contributed by atoms with Gasteiger partial charge in [0.1, 0.15) is 16.3 Å². The quantitative estimate of drug-likeness (QED) is 0.598. The Morgan fingerprint density at radius 1 is 1.29 bits per heavy atom. The average molecular weight is 411 g/mol. The van der Waals surface area contributed by atoms with E-state index in [9.17, 15) is 23.1 Å². The molecule has 3 aromatic rings. The number of thiazole rings is 1. The Hall–Kier alpha value is -3.08. The zero-order valence-corrected chi connectivity index (χ0v) is 15.9. The van der Waals surface area contributed by atoms with Crippen LogP contribution in [0.15, 0.2) is 24.4 Å². The number of carbonyl (C=O) groups is 1. The second-order valence-corrected chi connectivity index (χ2v) is 7.08. The van der Waals surface area contributed by atoms with Crippen LogP contribution in [0, 0.1) is 13.8 Å². The number of phenolic OH excluding ortho intramolecular Hbond substituents is 1. The Balaban J connectivity index is 1.76. The van der Waals surface area contributed by atoms with E-state index >= 15 is 0 Å². The van der Waals surface area contributed by atoms with Crippen LogP contribution in [0.25, 0.3) is 0 Å². The molecule has 3 N–H and O–H groups in total. The van der Waals surface area contributed by atoms with Crippen molar-refractivity contribution >= 4 is 33.9 Å². The van der Waals surface area contributed by atoms with Gasteiger partial charge in [0.05, 0.1) is 11.9 Å². The lowest BCUT2D eigenvalue weighted by Crippen LogP contribution is -2.12. The number of aromatic hydroxyl groups is 1. The maximum atomic E-state index is 12.8. The summed E-state index contributed by atoms with van der Waals surface area (Å²) in [7, 11) is 1.19. The van der Waals surface area contributed by atoms with Gasteiger partial charge in [-0.1, -0.05) is 17.4 Å². The van der Waals surface area contributed by atoms with E-state index in [1.165, 1.54) is 19.3 Å². The summed E-state index contributed by atoms with van der Waals surface area (Å²) in [5.74, 6) is -0.418. The van der Waals surface area contributed by atoms with Gasteiger partial charge in [-0.15, -0.1) is 0 Å². The first-order chi connectivity index (χ1) is 13.1. The van der Waals surface area contributed by atoms with E-state index in [2.05, 4.69) is 20.7 Å². The molecule has 1 aromatic carbocycles. The van der Waals surface area contributed by atoms with Crippen molar-refractivity contribution in [3.8, 4) is 5.75 Å². The molecule has 0 saturated heterocycles. The number of hydrogen-bond donors (Lipinski definition) is 3. The molecule has 0 aliphatic heterocycles. The number of aryl methyl sites for hydroxylation is 2. The molecule has 2 heterocycles. The monoisotopic (exact) mass is 411 g/mol. The number of amides is 1. The Kier molecular flexibility index (Phi) is 5.02. The maximum absolute atomic E-state index is 12.8. The number of aromatic nitrogens is 3. The number of nitrogens with one attached hydrogen (secondary N) is 2. The van der Waals surface area contributed by atoms with E-state index in [1.807, 2.05) is 0 Å². The van der Waals surface area contributed by atoms with Crippen LogP contribution in [0.1, 0.15) is 26.5 Å². The summed E-state index contributed by atoms with van der Waals surface area (Å²) in [5, 5.41) is 19.2. The lowest BCUT2D eigenvalue weighted by atomic mass is 10.1. The molecule has 0 radical (unpaired) electrons. The van der Waals surface area contributed by atoms with Crippen molar-refractivity contribution in [2.75, 3.05) is 10.6 Å². The van der Waals surface area contributed by atoms with E-state index < -0.39 is 17.8 Å². The SMILES string of the molecule is Cc1ccc(O)c(C)c1NC(=O)c1cnc(Nc2cc(C(F)(F)F)n(C)n2)s1. The fraction of sp³-hybridized carbons (Fsp3) is 0.235. The van der Waals surface area contributed by atoms with Crippen molar-refractivity contribution in [2.45, 2.75) is 20.0 Å². The standard InChI is InChI=1S/C17H16F3N5O2S/c1-8-4-5-10(26)9(2)14(8)23-15(27)11-7-21-16(28-11)22-13-6-12(17(18,19)20)25(3)24-13/h4-7,26H,1-3H3,(H,23,27)(H,21,22,24). The number of alkyl halides is 3. The van der Waals surface area contributed by atoms with Gasteiger partial charge in [0.25, 0.3) is 5.91 Å². The summed E-state index contributed by atoms with van der Waals surface area (Å²) in [4.78, 5) is 16.7. The smallest absolute Gasteiger partial charge is 0.433 e. The van der Waals surface area contributed by atoms with E-state index in [4.69, 9.17) is 0 Å². The topological polar surface area (TPSA) is 92.1 Å². The molecule has 0 fully saturated rings. The van der Waals surface area contributed by atoms with Crippen LogP contribution in [-0.2, 0) is 13.2 Å². The highest BCUT2D eigenvalue weighted by Gasteiger charge is 2.35. The van der Waals surface area contributed by atoms with E-state index in [0.717, 1.165) is 27.6 Å². The normalized spacial score (nSPS) is 11.5. The molecule has 0 unspecified atom stereocenters. The fourth-order valence-corrected chi connectivity index (χ4v) is 3.26. The van der Waals surface area contributed by atoms with Gasteiger partial charge >= 0.3 is 6.18 Å². The van der Waals surface area contributed by atoms with Crippen molar-refractivity contribution in [3.63, 3.8) is 0 Å². The van der Waals surface area contributed by atoms with E-state index in [-0.39, 0.29) is 21.6 Å². The third-order valence-electron chi connectivity index (χ3n) is 4.02. The largest absolute Gasteiger partial charge is 0.508 e. The number of halogens is 3. The molecule has 28 heavy (non-hydrogen) atoms. The zero-order valence-electron chi connectivity index (χ0n) is 15.0.